The smallest absolute Gasteiger partial charge is 0.251 e. The van der Waals surface area contributed by atoms with Crippen LogP contribution in [0.2, 0.25) is 0 Å². The first kappa shape index (κ1) is 19.7. The van der Waals surface area contributed by atoms with Crippen molar-refractivity contribution in [3.05, 3.63) is 35.6 Å². The maximum Gasteiger partial charge on any atom is 0.251 e. The maximum atomic E-state index is 13.0. The molecule has 0 aliphatic carbocycles. The van der Waals surface area contributed by atoms with Gasteiger partial charge in [0.1, 0.15) is 5.82 Å². The van der Waals surface area contributed by atoms with Crippen LogP contribution in [0.3, 0.4) is 0 Å². The van der Waals surface area contributed by atoms with Gasteiger partial charge in [-0.05, 0) is 60.3 Å². The molecule has 0 bridgehead atoms. The molecule has 1 aromatic carbocycles. The average Bonchev–Trinajstić information content (AvgIpc) is 2.43. The second-order valence-corrected chi connectivity index (χ2v) is 7.90. The second kappa shape index (κ2) is 8.47. The van der Waals surface area contributed by atoms with Crippen molar-refractivity contribution in [2.45, 2.75) is 54.4 Å². The van der Waals surface area contributed by atoms with Crippen molar-refractivity contribution in [1.82, 2.24) is 5.32 Å². The quantitative estimate of drug-likeness (QED) is 0.692. The van der Waals surface area contributed by atoms with E-state index in [4.69, 9.17) is 0 Å². The highest BCUT2D eigenvalue weighted by Crippen LogP contribution is 2.40. The molecule has 23 heavy (non-hydrogen) atoms. The number of hydrogen-bond donors (Lipinski definition) is 1. The third-order valence-corrected chi connectivity index (χ3v) is 4.56. The first-order valence-corrected chi connectivity index (χ1v) is 8.70. The van der Waals surface area contributed by atoms with Crippen molar-refractivity contribution < 1.29 is 9.18 Å². The van der Waals surface area contributed by atoms with Crippen LogP contribution >= 0.6 is 0 Å². The van der Waals surface area contributed by atoms with Gasteiger partial charge >= 0.3 is 0 Å². The van der Waals surface area contributed by atoms with Gasteiger partial charge in [-0.1, -0.05) is 41.5 Å². The number of benzene rings is 1. The summed E-state index contributed by atoms with van der Waals surface area (Å²) in [5.41, 5.74) is 0.607. The molecule has 0 aromatic heterocycles. The Labute approximate surface area is 140 Å². The zero-order valence-electron chi connectivity index (χ0n) is 15.4. The number of amides is 1. The molecule has 0 saturated heterocycles. The molecular formula is C20H32FNO. The fourth-order valence-electron chi connectivity index (χ4n) is 3.49. The van der Waals surface area contributed by atoms with Gasteiger partial charge in [0, 0.05) is 12.1 Å². The van der Waals surface area contributed by atoms with Crippen LogP contribution in [-0.4, -0.2) is 12.5 Å². The van der Waals surface area contributed by atoms with Crippen LogP contribution in [0.1, 0.15) is 64.7 Å². The van der Waals surface area contributed by atoms with Gasteiger partial charge in [-0.25, -0.2) is 4.39 Å². The summed E-state index contributed by atoms with van der Waals surface area (Å²) in [5.74, 6) is 1.21. The lowest BCUT2D eigenvalue weighted by molar-refractivity contribution is 0.0818. The van der Waals surface area contributed by atoms with E-state index in [1.54, 1.807) is 0 Å². The Morgan fingerprint density at radius 3 is 1.87 bits per heavy atom. The van der Waals surface area contributed by atoms with Crippen LogP contribution < -0.4 is 5.32 Å². The number of hydrogen-bond acceptors (Lipinski definition) is 1. The van der Waals surface area contributed by atoms with E-state index in [0.29, 0.717) is 29.9 Å². The molecule has 1 rings (SSSR count). The highest BCUT2D eigenvalue weighted by Gasteiger charge is 2.35. The Hall–Kier alpha value is -1.38. The number of carbonyl (C=O) groups is 1. The Morgan fingerprint density at radius 2 is 1.48 bits per heavy atom. The molecule has 0 saturated carbocycles. The topological polar surface area (TPSA) is 29.1 Å². The van der Waals surface area contributed by atoms with E-state index in [-0.39, 0.29) is 17.1 Å². The zero-order valence-corrected chi connectivity index (χ0v) is 15.4. The predicted molar refractivity (Wildman–Crippen MR) is 94.9 cm³/mol. The van der Waals surface area contributed by atoms with Gasteiger partial charge < -0.3 is 5.32 Å². The van der Waals surface area contributed by atoms with Crippen molar-refractivity contribution in [1.29, 1.82) is 0 Å². The lowest BCUT2D eigenvalue weighted by atomic mass is 9.67. The molecule has 0 unspecified atom stereocenters. The largest absolute Gasteiger partial charge is 0.351 e. The standard InChI is InChI=1S/C20H32FNO/c1-14(2)11-20(16(5)6,12-15(3)4)13-22-19(23)17-7-9-18(21)10-8-17/h7-10,14-16H,11-13H2,1-6H3,(H,22,23). The van der Waals surface area contributed by atoms with Crippen LogP contribution in [0, 0.1) is 29.0 Å². The molecular weight excluding hydrogens is 289 g/mol. The van der Waals surface area contributed by atoms with E-state index < -0.39 is 0 Å². The average molecular weight is 321 g/mol. The Morgan fingerprint density at radius 1 is 1.00 bits per heavy atom. The van der Waals surface area contributed by atoms with E-state index in [1.807, 2.05) is 0 Å². The van der Waals surface area contributed by atoms with Crippen LogP contribution in [-0.2, 0) is 0 Å². The first-order valence-electron chi connectivity index (χ1n) is 8.70. The molecule has 1 aromatic rings. The van der Waals surface area contributed by atoms with E-state index in [1.165, 1.54) is 24.3 Å². The normalized spacial score (nSPS) is 12.3. The molecule has 0 aliphatic rings. The molecule has 2 nitrogen and oxygen atoms in total. The summed E-state index contributed by atoms with van der Waals surface area (Å²) in [4.78, 5) is 12.4. The Kier molecular flexibility index (Phi) is 7.24. The number of nitrogens with one attached hydrogen (secondary N) is 1. The fraction of sp³-hybridized carbons (Fsp3) is 0.650. The Bertz CT molecular complexity index is 481. The van der Waals surface area contributed by atoms with Crippen molar-refractivity contribution >= 4 is 5.91 Å². The first-order chi connectivity index (χ1) is 10.7. The van der Waals surface area contributed by atoms with Gasteiger partial charge in [-0.3, -0.25) is 4.79 Å². The third kappa shape index (κ3) is 5.96. The minimum absolute atomic E-state index is 0.0953. The molecule has 0 fully saturated rings. The highest BCUT2D eigenvalue weighted by atomic mass is 19.1. The van der Waals surface area contributed by atoms with Crippen molar-refractivity contribution in [3.8, 4) is 0 Å². The number of rotatable bonds is 8. The zero-order chi connectivity index (χ0) is 17.6. The minimum Gasteiger partial charge on any atom is -0.351 e. The van der Waals surface area contributed by atoms with Crippen molar-refractivity contribution in [2.75, 3.05) is 6.54 Å². The summed E-state index contributed by atoms with van der Waals surface area (Å²) in [6, 6.07) is 5.72. The number of carbonyl (C=O) groups excluding carboxylic acids is 1. The van der Waals surface area contributed by atoms with Crippen LogP contribution in [0.4, 0.5) is 4.39 Å². The summed E-state index contributed by atoms with van der Waals surface area (Å²) in [5, 5.41) is 3.09. The van der Waals surface area contributed by atoms with Gasteiger partial charge in [0.2, 0.25) is 0 Å². The van der Waals surface area contributed by atoms with Crippen LogP contribution in [0.25, 0.3) is 0 Å². The summed E-state index contributed by atoms with van der Waals surface area (Å²) < 4.78 is 13.0. The van der Waals surface area contributed by atoms with Gasteiger partial charge in [0.05, 0.1) is 0 Å². The molecule has 0 aliphatic heterocycles. The minimum atomic E-state index is -0.322. The molecule has 0 radical (unpaired) electrons. The summed E-state index contributed by atoms with van der Waals surface area (Å²) in [6.45, 7) is 14.1. The summed E-state index contributed by atoms with van der Waals surface area (Å²) in [6.07, 6.45) is 2.18. The molecule has 3 heteroatoms. The lowest BCUT2D eigenvalue weighted by Crippen LogP contribution is -2.43. The summed E-state index contributed by atoms with van der Waals surface area (Å²) in [7, 11) is 0. The lowest BCUT2D eigenvalue weighted by Gasteiger charge is -2.41. The van der Waals surface area contributed by atoms with Crippen LogP contribution in [0.15, 0.2) is 24.3 Å². The molecule has 0 atom stereocenters. The van der Waals surface area contributed by atoms with Gasteiger partial charge in [-0.15, -0.1) is 0 Å². The van der Waals surface area contributed by atoms with Crippen LogP contribution in [0.5, 0.6) is 0 Å². The molecule has 1 N–H and O–H groups in total. The van der Waals surface area contributed by atoms with Crippen molar-refractivity contribution in [3.63, 3.8) is 0 Å². The molecule has 0 heterocycles. The second-order valence-electron chi connectivity index (χ2n) is 7.90. The molecule has 1 amide bonds. The van der Waals surface area contributed by atoms with E-state index in [9.17, 15) is 9.18 Å². The number of halogens is 1. The van der Waals surface area contributed by atoms with E-state index >= 15 is 0 Å². The Balaban J connectivity index is 2.87. The summed E-state index contributed by atoms with van der Waals surface area (Å²) >= 11 is 0. The molecule has 130 valence electrons. The monoisotopic (exact) mass is 321 g/mol. The maximum absolute atomic E-state index is 13.0. The van der Waals surface area contributed by atoms with Gasteiger partial charge in [0.25, 0.3) is 5.91 Å². The SMILES string of the molecule is CC(C)CC(CNC(=O)c1ccc(F)cc1)(CC(C)C)C(C)C. The highest BCUT2D eigenvalue weighted by molar-refractivity contribution is 5.94. The van der Waals surface area contributed by atoms with Gasteiger partial charge in [0.15, 0.2) is 0 Å². The van der Waals surface area contributed by atoms with Gasteiger partial charge in [-0.2, -0.15) is 0 Å². The fourth-order valence-corrected chi connectivity index (χ4v) is 3.49. The predicted octanol–water partition coefficient (Wildman–Crippen LogP) is 5.29. The van der Waals surface area contributed by atoms with Crippen molar-refractivity contribution in [2.24, 2.45) is 23.2 Å². The molecule has 0 spiro atoms. The van der Waals surface area contributed by atoms with E-state index in [0.717, 1.165) is 12.8 Å². The third-order valence-electron chi connectivity index (χ3n) is 4.56. The van der Waals surface area contributed by atoms with E-state index in [2.05, 4.69) is 46.9 Å².